The van der Waals surface area contributed by atoms with Gasteiger partial charge in [-0.05, 0) is 25.1 Å². The Morgan fingerprint density at radius 2 is 1.76 bits per heavy atom. The standard InChI is InChI=1S/C14H17N3/c1-11-9-16-14(17-10-11)8-13(15-2)12-6-4-3-5-7-12/h3-7,9-10,13,15H,8H2,1-2H3. The van der Waals surface area contributed by atoms with Crippen LogP contribution in [0.1, 0.15) is 23.0 Å². The lowest BCUT2D eigenvalue weighted by atomic mass is 10.0. The van der Waals surface area contributed by atoms with Crippen LogP contribution in [0.25, 0.3) is 0 Å². The summed E-state index contributed by atoms with van der Waals surface area (Å²) in [6.45, 7) is 2.00. The molecule has 0 spiro atoms. The van der Waals surface area contributed by atoms with E-state index < -0.39 is 0 Å². The Morgan fingerprint density at radius 3 is 2.35 bits per heavy atom. The highest BCUT2D eigenvalue weighted by Crippen LogP contribution is 2.15. The smallest absolute Gasteiger partial charge is 0.130 e. The van der Waals surface area contributed by atoms with Gasteiger partial charge in [0.25, 0.3) is 0 Å². The average Bonchev–Trinajstić information content (AvgIpc) is 2.39. The van der Waals surface area contributed by atoms with E-state index in [0.29, 0.717) is 0 Å². The molecule has 0 saturated heterocycles. The zero-order valence-electron chi connectivity index (χ0n) is 10.2. The van der Waals surface area contributed by atoms with Gasteiger partial charge < -0.3 is 5.32 Å². The molecule has 0 fully saturated rings. The van der Waals surface area contributed by atoms with Crippen molar-refractivity contribution in [2.75, 3.05) is 7.05 Å². The molecule has 0 amide bonds. The number of nitrogens with zero attached hydrogens (tertiary/aromatic N) is 2. The van der Waals surface area contributed by atoms with Crippen molar-refractivity contribution in [2.24, 2.45) is 0 Å². The molecule has 1 unspecified atom stereocenters. The van der Waals surface area contributed by atoms with Gasteiger partial charge in [-0.15, -0.1) is 0 Å². The van der Waals surface area contributed by atoms with E-state index in [9.17, 15) is 0 Å². The molecule has 2 rings (SSSR count). The zero-order chi connectivity index (χ0) is 12.1. The van der Waals surface area contributed by atoms with E-state index in [1.165, 1.54) is 5.56 Å². The SMILES string of the molecule is CNC(Cc1ncc(C)cn1)c1ccccc1. The van der Waals surface area contributed by atoms with Gasteiger partial charge in [-0.2, -0.15) is 0 Å². The van der Waals surface area contributed by atoms with Crippen LogP contribution in [0.2, 0.25) is 0 Å². The molecule has 1 N–H and O–H groups in total. The minimum atomic E-state index is 0.263. The predicted octanol–water partition coefficient (Wildman–Crippen LogP) is 2.29. The summed E-state index contributed by atoms with van der Waals surface area (Å²) < 4.78 is 0. The Kier molecular flexibility index (Phi) is 3.83. The molecular weight excluding hydrogens is 210 g/mol. The highest BCUT2D eigenvalue weighted by atomic mass is 14.9. The van der Waals surface area contributed by atoms with Gasteiger partial charge in [-0.25, -0.2) is 9.97 Å². The van der Waals surface area contributed by atoms with Crippen LogP contribution in [0.3, 0.4) is 0 Å². The topological polar surface area (TPSA) is 37.8 Å². The second-order valence-corrected chi connectivity index (χ2v) is 4.13. The van der Waals surface area contributed by atoms with Crippen LogP contribution in [-0.4, -0.2) is 17.0 Å². The summed E-state index contributed by atoms with van der Waals surface area (Å²) in [4.78, 5) is 8.68. The summed E-state index contributed by atoms with van der Waals surface area (Å²) in [6, 6.07) is 10.6. The van der Waals surface area contributed by atoms with Gasteiger partial charge >= 0.3 is 0 Å². The van der Waals surface area contributed by atoms with Crippen LogP contribution in [0, 0.1) is 6.92 Å². The Morgan fingerprint density at radius 1 is 1.12 bits per heavy atom. The Bertz CT molecular complexity index is 451. The van der Waals surface area contributed by atoms with Crippen LogP contribution in [-0.2, 0) is 6.42 Å². The number of aromatic nitrogens is 2. The molecule has 0 bridgehead atoms. The average molecular weight is 227 g/mol. The molecule has 88 valence electrons. The minimum Gasteiger partial charge on any atom is -0.313 e. The quantitative estimate of drug-likeness (QED) is 0.870. The molecular formula is C14H17N3. The van der Waals surface area contributed by atoms with Gasteiger partial charge in [0.2, 0.25) is 0 Å². The molecule has 0 radical (unpaired) electrons. The zero-order valence-corrected chi connectivity index (χ0v) is 10.2. The molecule has 0 saturated carbocycles. The minimum absolute atomic E-state index is 0.263. The first-order valence-corrected chi connectivity index (χ1v) is 5.79. The van der Waals surface area contributed by atoms with Crippen molar-refractivity contribution in [3.63, 3.8) is 0 Å². The summed E-state index contributed by atoms with van der Waals surface area (Å²) in [7, 11) is 1.96. The van der Waals surface area contributed by atoms with E-state index >= 15 is 0 Å². The lowest BCUT2D eigenvalue weighted by Crippen LogP contribution is -2.19. The third-order valence-corrected chi connectivity index (χ3v) is 2.77. The second kappa shape index (κ2) is 5.55. The summed E-state index contributed by atoms with van der Waals surface area (Å²) in [5.74, 6) is 0.874. The van der Waals surface area contributed by atoms with E-state index in [4.69, 9.17) is 0 Å². The maximum absolute atomic E-state index is 4.34. The third kappa shape index (κ3) is 3.11. The molecule has 0 aliphatic carbocycles. The number of aryl methyl sites for hydroxylation is 1. The van der Waals surface area contributed by atoms with E-state index in [1.54, 1.807) is 0 Å². The highest BCUT2D eigenvalue weighted by molar-refractivity contribution is 5.20. The monoisotopic (exact) mass is 227 g/mol. The van der Waals surface area contributed by atoms with E-state index in [0.717, 1.165) is 17.8 Å². The van der Waals surface area contributed by atoms with Crippen molar-refractivity contribution in [1.29, 1.82) is 0 Å². The largest absolute Gasteiger partial charge is 0.313 e. The van der Waals surface area contributed by atoms with Crippen molar-refractivity contribution in [3.8, 4) is 0 Å². The number of nitrogens with one attached hydrogen (secondary N) is 1. The third-order valence-electron chi connectivity index (χ3n) is 2.77. The van der Waals surface area contributed by atoms with Gasteiger partial charge in [0.15, 0.2) is 0 Å². The highest BCUT2D eigenvalue weighted by Gasteiger charge is 2.10. The van der Waals surface area contributed by atoms with Crippen LogP contribution < -0.4 is 5.32 Å². The molecule has 1 aromatic carbocycles. The lowest BCUT2D eigenvalue weighted by molar-refractivity contribution is 0.574. The van der Waals surface area contributed by atoms with E-state index in [2.05, 4.69) is 39.6 Å². The second-order valence-electron chi connectivity index (χ2n) is 4.13. The van der Waals surface area contributed by atoms with Crippen LogP contribution in [0.15, 0.2) is 42.7 Å². The Balaban J connectivity index is 2.13. The first kappa shape index (κ1) is 11.7. The number of likely N-dealkylation sites (N-methyl/N-ethyl adjacent to an activating group) is 1. The lowest BCUT2D eigenvalue weighted by Gasteiger charge is -2.15. The first-order chi connectivity index (χ1) is 8.29. The van der Waals surface area contributed by atoms with Crippen molar-refractivity contribution in [3.05, 3.63) is 59.7 Å². The number of benzene rings is 1. The van der Waals surface area contributed by atoms with E-state index in [1.807, 2.05) is 32.4 Å². The number of rotatable bonds is 4. The summed E-state index contributed by atoms with van der Waals surface area (Å²) in [5.41, 5.74) is 2.36. The van der Waals surface area contributed by atoms with Crippen molar-refractivity contribution in [1.82, 2.24) is 15.3 Å². The number of hydrogen-bond acceptors (Lipinski definition) is 3. The van der Waals surface area contributed by atoms with Gasteiger partial charge in [-0.3, -0.25) is 0 Å². The van der Waals surface area contributed by atoms with Crippen molar-refractivity contribution < 1.29 is 0 Å². The predicted molar refractivity (Wildman–Crippen MR) is 68.7 cm³/mol. The number of hydrogen-bond donors (Lipinski definition) is 1. The van der Waals surface area contributed by atoms with Crippen LogP contribution >= 0.6 is 0 Å². The molecule has 1 heterocycles. The molecule has 2 aromatic rings. The van der Waals surface area contributed by atoms with Gasteiger partial charge in [0.1, 0.15) is 5.82 Å². The maximum Gasteiger partial charge on any atom is 0.130 e. The first-order valence-electron chi connectivity index (χ1n) is 5.79. The van der Waals surface area contributed by atoms with Crippen molar-refractivity contribution >= 4 is 0 Å². The molecule has 0 aliphatic rings. The van der Waals surface area contributed by atoms with Gasteiger partial charge in [0.05, 0.1) is 0 Å². The fourth-order valence-electron chi connectivity index (χ4n) is 1.78. The molecule has 0 aliphatic heterocycles. The van der Waals surface area contributed by atoms with E-state index in [-0.39, 0.29) is 6.04 Å². The summed E-state index contributed by atoms with van der Waals surface area (Å²) in [6.07, 6.45) is 4.53. The fourth-order valence-corrected chi connectivity index (χ4v) is 1.78. The maximum atomic E-state index is 4.34. The molecule has 3 heteroatoms. The molecule has 1 aromatic heterocycles. The molecule has 17 heavy (non-hydrogen) atoms. The van der Waals surface area contributed by atoms with Gasteiger partial charge in [0, 0.05) is 24.9 Å². The Hall–Kier alpha value is -1.74. The van der Waals surface area contributed by atoms with Crippen LogP contribution in [0.5, 0.6) is 0 Å². The normalized spacial score (nSPS) is 12.4. The summed E-state index contributed by atoms with van der Waals surface area (Å²) >= 11 is 0. The molecule has 3 nitrogen and oxygen atoms in total. The molecule has 1 atom stereocenters. The Labute approximate surface area is 102 Å². The fraction of sp³-hybridized carbons (Fsp3) is 0.286. The van der Waals surface area contributed by atoms with Crippen LogP contribution in [0.4, 0.5) is 0 Å². The summed E-state index contributed by atoms with van der Waals surface area (Å²) in [5, 5.41) is 3.30. The van der Waals surface area contributed by atoms with Crippen molar-refractivity contribution in [2.45, 2.75) is 19.4 Å². The van der Waals surface area contributed by atoms with Gasteiger partial charge in [-0.1, -0.05) is 30.3 Å².